The summed E-state index contributed by atoms with van der Waals surface area (Å²) >= 11 is 5.32. The molecule has 0 bridgehead atoms. The van der Waals surface area contributed by atoms with Crippen LogP contribution in [0.5, 0.6) is 5.75 Å². The predicted molar refractivity (Wildman–Crippen MR) is 104 cm³/mol. The van der Waals surface area contributed by atoms with Crippen LogP contribution in [0, 0.1) is 4.77 Å². The first-order chi connectivity index (χ1) is 12.8. The summed E-state index contributed by atoms with van der Waals surface area (Å²) < 4.78 is 7.49. The lowest BCUT2D eigenvalue weighted by Crippen LogP contribution is -1.97. The summed E-state index contributed by atoms with van der Waals surface area (Å²) in [5.41, 5.74) is 1.70. The van der Waals surface area contributed by atoms with Crippen LogP contribution in [-0.2, 0) is 0 Å². The molecule has 128 valence electrons. The molecule has 0 atom stereocenters. The van der Waals surface area contributed by atoms with Gasteiger partial charge < -0.3 is 4.74 Å². The summed E-state index contributed by atoms with van der Waals surface area (Å²) in [5, 5.41) is 13.8. The van der Waals surface area contributed by atoms with E-state index in [2.05, 4.69) is 26.3 Å². The maximum absolute atomic E-state index is 5.51. The van der Waals surface area contributed by atoms with E-state index in [0.717, 1.165) is 27.6 Å². The van der Waals surface area contributed by atoms with Crippen molar-refractivity contribution in [3.8, 4) is 17.1 Å². The Labute approximate surface area is 154 Å². The van der Waals surface area contributed by atoms with Crippen molar-refractivity contribution in [2.45, 2.75) is 0 Å². The summed E-state index contributed by atoms with van der Waals surface area (Å²) in [4.78, 5) is 4.12. The van der Waals surface area contributed by atoms with Crippen LogP contribution < -0.4 is 4.74 Å². The molecule has 0 aliphatic heterocycles. The van der Waals surface area contributed by atoms with Gasteiger partial charge >= 0.3 is 0 Å². The predicted octanol–water partition coefficient (Wildman–Crippen LogP) is 4.05. The van der Waals surface area contributed by atoms with Crippen LogP contribution in [0.15, 0.2) is 66.0 Å². The molecule has 26 heavy (non-hydrogen) atoms. The second-order valence-electron chi connectivity index (χ2n) is 5.55. The van der Waals surface area contributed by atoms with Crippen molar-refractivity contribution in [3.05, 3.63) is 71.3 Å². The topological polar surface area (TPSA) is 68.1 Å². The zero-order valence-corrected chi connectivity index (χ0v) is 14.8. The van der Waals surface area contributed by atoms with Crippen LogP contribution >= 0.6 is 12.2 Å². The third-order valence-electron chi connectivity index (χ3n) is 4.02. The molecule has 0 spiro atoms. The first-order valence-electron chi connectivity index (χ1n) is 7.96. The average Bonchev–Trinajstić information content (AvgIpc) is 3.07. The first-order valence-corrected chi connectivity index (χ1v) is 8.36. The lowest BCUT2D eigenvalue weighted by molar-refractivity contribution is 0.415. The highest BCUT2D eigenvalue weighted by atomic mass is 32.1. The zero-order chi connectivity index (χ0) is 17.9. The number of benzene rings is 2. The minimum absolute atomic E-state index is 0.402. The van der Waals surface area contributed by atoms with Gasteiger partial charge in [-0.3, -0.25) is 4.98 Å². The number of methoxy groups -OCH3 is 1. The summed E-state index contributed by atoms with van der Waals surface area (Å²) in [5.74, 6) is 1.34. The van der Waals surface area contributed by atoms with Crippen molar-refractivity contribution in [1.82, 2.24) is 19.9 Å². The maximum atomic E-state index is 5.51. The van der Waals surface area contributed by atoms with Crippen molar-refractivity contribution in [2.24, 2.45) is 5.10 Å². The summed E-state index contributed by atoms with van der Waals surface area (Å²) in [6, 6.07) is 15.8. The van der Waals surface area contributed by atoms with Crippen molar-refractivity contribution in [3.63, 3.8) is 0 Å². The Balaban J connectivity index is 1.85. The van der Waals surface area contributed by atoms with E-state index >= 15 is 0 Å². The number of rotatable bonds is 4. The molecule has 0 fully saturated rings. The summed E-state index contributed by atoms with van der Waals surface area (Å²) in [7, 11) is 1.64. The molecular weight excluding hydrogens is 346 g/mol. The Hall–Kier alpha value is -3.32. The van der Waals surface area contributed by atoms with E-state index in [1.165, 1.54) is 0 Å². The van der Waals surface area contributed by atoms with Gasteiger partial charge in [0.25, 0.3) is 0 Å². The highest BCUT2D eigenvalue weighted by molar-refractivity contribution is 7.71. The number of H-pyrrole nitrogens is 1. The van der Waals surface area contributed by atoms with E-state index in [9.17, 15) is 0 Å². The molecule has 7 heteroatoms. The lowest BCUT2D eigenvalue weighted by Gasteiger charge is -2.08. The van der Waals surface area contributed by atoms with Crippen LogP contribution in [0.1, 0.15) is 5.56 Å². The molecule has 2 aromatic carbocycles. The Kier molecular flexibility index (Phi) is 4.28. The highest BCUT2D eigenvalue weighted by Crippen LogP contribution is 2.26. The van der Waals surface area contributed by atoms with E-state index in [0.29, 0.717) is 10.6 Å². The molecule has 0 aliphatic carbocycles. The molecule has 1 N–H and O–H groups in total. The SMILES string of the molecule is COc1ccc2ccccc2c1C=Nn1c(-c2cccnc2)n[nH]c1=S. The van der Waals surface area contributed by atoms with Gasteiger partial charge in [-0.15, -0.1) is 0 Å². The Morgan fingerprint density at radius 1 is 1.15 bits per heavy atom. The number of pyridine rings is 1. The van der Waals surface area contributed by atoms with Gasteiger partial charge in [0.2, 0.25) is 4.77 Å². The van der Waals surface area contributed by atoms with E-state index < -0.39 is 0 Å². The summed E-state index contributed by atoms with van der Waals surface area (Å²) in [6.07, 6.45) is 5.17. The fourth-order valence-electron chi connectivity index (χ4n) is 2.78. The average molecular weight is 361 g/mol. The Bertz CT molecular complexity index is 1150. The van der Waals surface area contributed by atoms with Crippen LogP contribution in [-0.4, -0.2) is 33.2 Å². The molecule has 0 saturated carbocycles. The molecule has 0 saturated heterocycles. The number of aromatic nitrogens is 4. The minimum Gasteiger partial charge on any atom is -0.496 e. The number of nitrogens with one attached hydrogen (secondary N) is 1. The van der Waals surface area contributed by atoms with Gasteiger partial charge in [-0.25, -0.2) is 5.10 Å². The van der Waals surface area contributed by atoms with Crippen LogP contribution in [0.3, 0.4) is 0 Å². The highest BCUT2D eigenvalue weighted by Gasteiger charge is 2.10. The standard InChI is InChI=1S/C19H15N5OS/c1-25-17-9-8-13-5-2-3-7-15(13)16(17)12-21-24-18(22-23-19(24)26)14-6-4-10-20-11-14/h2-12H,1H3,(H,23,26). The van der Waals surface area contributed by atoms with Crippen LogP contribution in [0.4, 0.5) is 0 Å². The van der Waals surface area contributed by atoms with Gasteiger partial charge in [-0.2, -0.15) is 14.9 Å². The van der Waals surface area contributed by atoms with E-state index in [-0.39, 0.29) is 0 Å². The number of aromatic amines is 1. The first kappa shape index (κ1) is 16.2. The molecule has 0 amide bonds. The second-order valence-corrected chi connectivity index (χ2v) is 5.94. The molecule has 4 aromatic rings. The largest absolute Gasteiger partial charge is 0.496 e. The maximum Gasteiger partial charge on any atom is 0.216 e. The second kappa shape index (κ2) is 6.89. The number of hydrogen-bond acceptors (Lipinski definition) is 5. The molecule has 4 rings (SSSR count). The molecule has 0 unspecified atom stereocenters. The Morgan fingerprint density at radius 3 is 2.85 bits per heavy atom. The normalized spacial score (nSPS) is 11.3. The monoisotopic (exact) mass is 361 g/mol. The van der Waals surface area contributed by atoms with Gasteiger partial charge in [-0.1, -0.05) is 30.3 Å². The molecule has 0 aliphatic rings. The summed E-state index contributed by atoms with van der Waals surface area (Å²) in [6.45, 7) is 0. The van der Waals surface area contributed by atoms with Gasteiger partial charge in [0.05, 0.1) is 13.3 Å². The van der Waals surface area contributed by atoms with E-state index in [1.54, 1.807) is 30.4 Å². The van der Waals surface area contributed by atoms with Gasteiger partial charge in [0, 0.05) is 23.5 Å². The zero-order valence-electron chi connectivity index (χ0n) is 14.0. The molecule has 2 heterocycles. The third kappa shape index (κ3) is 2.89. The van der Waals surface area contributed by atoms with E-state index in [1.807, 2.05) is 42.5 Å². The molecule has 2 aromatic heterocycles. The quantitative estimate of drug-likeness (QED) is 0.440. The van der Waals surface area contributed by atoms with Crippen molar-refractivity contribution in [1.29, 1.82) is 0 Å². The number of hydrogen-bond donors (Lipinski definition) is 1. The third-order valence-corrected chi connectivity index (χ3v) is 4.29. The van der Waals surface area contributed by atoms with Crippen LogP contribution in [0.2, 0.25) is 0 Å². The van der Waals surface area contributed by atoms with Crippen molar-refractivity contribution >= 4 is 29.2 Å². The van der Waals surface area contributed by atoms with E-state index in [4.69, 9.17) is 17.0 Å². The number of fused-ring (bicyclic) bond motifs is 1. The fourth-order valence-corrected chi connectivity index (χ4v) is 2.96. The lowest BCUT2D eigenvalue weighted by atomic mass is 10.0. The smallest absolute Gasteiger partial charge is 0.216 e. The van der Waals surface area contributed by atoms with Crippen molar-refractivity contribution < 1.29 is 4.74 Å². The molecule has 6 nitrogen and oxygen atoms in total. The minimum atomic E-state index is 0.402. The number of nitrogens with zero attached hydrogens (tertiary/aromatic N) is 4. The molecular formula is C19H15N5OS. The Morgan fingerprint density at radius 2 is 2.04 bits per heavy atom. The fraction of sp³-hybridized carbons (Fsp3) is 0.0526. The van der Waals surface area contributed by atoms with Crippen molar-refractivity contribution in [2.75, 3.05) is 7.11 Å². The number of ether oxygens (including phenoxy) is 1. The van der Waals surface area contributed by atoms with Gasteiger partial charge in [0.1, 0.15) is 5.75 Å². The van der Waals surface area contributed by atoms with Gasteiger partial charge in [-0.05, 0) is 41.2 Å². The van der Waals surface area contributed by atoms with Crippen LogP contribution in [0.25, 0.3) is 22.2 Å². The van der Waals surface area contributed by atoms with Gasteiger partial charge in [0.15, 0.2) is 5.82 Å². The molecule has 0 radical (unpaired) electrons.